The van der Waals surface area contributed by atoms with Crippen molar-refractivity contribution in [2.75, 3.05) is 30.9 Å². The van der Waals surface area contributed by atoms with E-state index in [2.05, 4.69) is 20.3 Å². The van der Waals surface area contributed by atoms with E-state index < -0.39 is 44.3 Å². The lowest BCUT2D eigenvalue weighted by molar-refractivity contribution is -0.393. The number of ether oxygens (including phenoxy) is 1. The highest BCUT2D eigenvalue weighted by atomic mass is 16.6. The highest BCUT2D eigenvalue weighted by molar-refractivity contribution is 5.93. The summed E-state index contributed by atoms with van der Waals surface area (Å²) in [6, 6.07) is 7.64. The van der Waals surface area contributed by atoms with Gasteiger partial charge >= 0.3 is 11.7 Å². The number of carbonyl (C=O) groups excluding carboxylic acids is 2. The van der Waals surface area contributed by atoms with E-state index in [4.69, 9.17) is 0 Å². The third kappa shape index (κ3) is 6.04. The number of nitro groups is 2. The first-order chi connectivity index (χ1) is 15.6. The van der Waals surface area contributed by atoms with Crippen molar-refractivity contribution in [1.29, 1.82) is 5.26 Å². The van der Waals surface area contributed by atoms with E-state index in [-0.39, 0.29) is 17.9 Å². The zero-order valence-corrected chi connectivity index (χ0v) is 17.6. The summed E-state index contributed by atoms with van der Waals surface area (Å²) in [6.45, 7) is 1.18. The van der Waals surface area contributed by atoms with Crippen molar-refractivity contribution < 1.29 is 24.2 Å². The molecule has 0 aliphatic rings. The second-order valence-corrected chi connectivity index (χ2v) is 6.50. The average molecular weight is 455 g/mol. The van der Waals surface area contributed by atoms with Crippen molar-refractivity contribution in [2.45, 2.75) is 6.92 Å². The summed E-state index contributed by atoms with van der Waals surface area (Å²) in [5.41, 5.74) is -1.55. The molecule has 2 aromatic carbocycles. The fourth-order valence-electron chi connectivity index (χ4n) is 2.63. The number of anilines is 2. The maximum atomic E-state index is 11.6. The Bertz CT molecular complexity index is 1200. The zero-order chi connectivity index (χ0) is 24.7. The molecule has 0 fully saturated rings. The number of azo groups is 1. The molecule has 33 heavy (non-hydrogen) atoms. The van der Waals surface area contributed by atoms with Crippen molar-refractivity contribution >= 4 is 46.0 Å². The molecule has 0 heterocycles. The lowest BCUT2D eigenvalue weighted by Gasteiger charge is -2.19. The molecule has 14 nitrogen and oxygen atoms in total. The fourth-order valence-corrected chi connectivity index (χ4v) is 2.63. The van der Waals surface area contributed by atoms with Gasteiger partial charge in [0, 0.05) is 25.7 Å². The topological polar surface area (TPSA) is 193 Å². The first-order valence-corrected chi connectivity index (χ1v) is 9.05. The molecular formula is C19H17N7O7. The number of hydrogen-bond acceptors (Lipinski definition) is 11. The SMILES string of the molecule is COC(=O)CN(C)c1ccc(/N=N/c2c(C#N)cc([N+](=O)[O-])cc2[N+](=O)[O-])c(NC(C)=O)c1. The number of nitrogens with zero attached hydrogens (tertiary/aromatic N) is 6. The van der Waals surface area contributed by atoms with Gasteiger partial charge in [0.1, 0.15) is 18.3 Å². The molecule has 0 spiro atoms. The predicted molar refractivity (Wildman–Crippen MR) is 115 cm³/mol. The molecular weight excluding hydrogens is 438 g/mol. The molecule has 14 heteroatoms. The first kappa shape index (κ1) is 24.3. The Hall–Kier alpha value is -4.93. The molecule has 1 N–H and O–H groups in total. The van der Waals surface area contributed by atoms with Crippen LogP contribution in [0.2, 0.25) is 0 Å². The number of hydrogen-bond donors (Lipinski definition) is 1. The zero-order valence-electron chi connectivity index (χ0n) is 17.6. The van der Waals surface area contributed by atoms with E-state index >= 15 is 0 Å². The quantitative estimate of drug-likeness (QED) is 0.269. The van der Waals surface area contributed by atoms with Crippen LogP contribution < -0.4 is 10.2 Å². The van der Waals surface area contributed by atoms with Crippen LogP contribution in [0.3, 0.4) is 0 Å². The lowest BCUT2D eigenvalue weighted by Crippen LogP contribution is -2.26. The van der Waals surface area contributed by atoms with Gasteiger partial charge in [-0.05, 0) is 18.2 Å². The molecule has 0 atom stereocenters. The molecule has 0 saturated heterocycles. The van der Waals surface area contributed by atoms with Gasteiger partial charge < -0.3 is 15.0 Å². The predicted octanol–water partition coefficient (Wildman–Crippen LogP) is 3.36. The van der Waals surface area contributed by atoms with Crippen LogP contribution >= 0.6 is 0 Å². The Morgan fingerprint density at radius 1 is 1.18 bits per heavy atom. The molecule has 1 amide bonds. The third-order valence-electron chi connectivity index (χ3n) is 4.19. The summed E-state index contributed by atoms with van der Waals surface area (Å²) in [4.78, 5) is 45.3. The summed E-state index contributed by atoms with van der Waals surface area (Å²) in [6.07, 6.45) is 0. The second kappa shape index (κ2) is 10.4. The Labute approximate surface area is 186 Å². The first-order valence-electron chi connectivity index (χ1n) is 9.05. The van der Waals surface area contributed by atoms with Crippen LogP contribution in [0.4, 0.5) is 34.1 Å². The third-order valence-corrected chi connectivity index (χ3v) is 4.19. The van der Waals surface area contributed by atoms with E-state index in [1.165, 1.54) is 26.2 Å². The molecule has 0 radical (unpaired) electrons. The molecule has 170 valence electrons. The van der Waals surface area contributed by atoms with Crippen LogP contribution in [-0.2, 0) is 14.3 Å². The van der Waals surface area contributed by atoms with Gasteiger partial charge in [0.25, 0.3) is 5.69 Å². The highest BCUT2D eigenvalue weighted by Crippen LogP contribution is 2.38. The minimum Gasteiger partial charge on any atom is -0.468 e. The Morgan fingerprint density at radius 2 is 1.88 bits per heavy atom. The van der Waals surface area contributed by atoms with E-state index in [9.17, 15) is 35.1 Å². The van der Waals surface area contributed by atoms with E-state index in [0.717, 1.165) is 6.07 Å². The number of benzene rings is 2. The number of amides is 1. The van der Waals surface area contributed by atoms with E-state index in [0.29, 0.717) is 11.8 Å². The number of nitro benzene ring substituents is 2. The maximum absolute atomic E-state index is 11.6. The summed E-state index contributed by atoms with van der Waals surface area (Å²) in [5, 5.41) is 41.9. The molecule has 0 unspecified atom stereocenters. The number of carbonyl (C=O) groups is 2. The normalized spacial score (nSPS) is 10.4. The fraction of sp³-hybridized carbons (Fsp3) is 0.211. The smallest absolute Gasteiger partial charge is 0.325 e. The van der Waals surface area contributed by atoms with E-state index in [1.807, 2.05) is 0 Å². The molecule has 2 aromatic rings. The maximum Gasteiger partial charge on any atom is 0.325 e. The van der Waals surface area contributed by atoms with Crippen LogP contribution in [0, 0.1) is 31.6 Å². The van der Waals surface area contributed by atoms with Crippen LogP contribution in [0.5, 0.6) is 0 Å². The monoisotopic (exact) mass is 455 g/mol. The van der Waals surface area contributed by atoms with Crippen molar-refractivity contribution in [3.05, 3.63) is 56.1 Å². The molecule has 0 aliphatic heterocycles. The molecule has 0 bridgehead atoms. The van der Waals surface area contributed by atoms with Gasteiger partial charge in [-0.1, -0.05) is 0 Å². The molecule has 0 saturated carbocycles. The van der Waals surface area contributed by atoms with Crippen molar-refractivity contribution in [2.24, 2.45) is 10.2 Å². The van der Waals surface area contributed by atoms with Crippen LogP contribution in [0.15, 0.2) is 40.6 Å². The lowest BCUT2D eigenvalue weighted by atomic mass is 10.1. The van der Waals surface area contributed by atoms with E-state index in [1.54, 1.807) is 24.1 Å². The number of rotatable bonds is 8. The Balaban J connectivity index is 2.55. The Kier molecular flexibility index (Phi) is 7.67. The minimum atomic E-state index is -0.915. The van der Waals surface area contributed by atoms with Gasteiger partial charge in [0.15, 0.2) is 5.69 Å². The summed E-state index contributed by atoms with van der Waals surface area (Å²) < 4.78 is 4.62. The largest absolute Gasteiger partial charge is 0.468 e. The number of methoxy groups -OCH3 is 1. The highest BCUT2D eigenvalue weighted by Gasteiger charge is 2.24. The van der Waals surface area contributed by atoms with Crippen LogP contribution in [0.25, 0.3) is 0 Å². The van der Waals surface area contributed by atoms with Crippen LogP contribution in [-0.4, -0.2) is 42.4 Å². The number of non-ortho nitro benzene ring substituents is 1. The molecule has 0 aliphatic carbocycles. The standard InChI is InChI=1S/C19H17N7O7/c1-11(27)21-16-7-13(24(2)10-18(28)33-3)4-5-15(16)22-23-19-12(9-20)6-14(25(29)30)8-17(19)26(31)32/h4-8H,10H2,1-3H3,(H,21,27)/b23-22+. The van der Waals surface area contributed by atoms with Gasteiger partial charge in [0.05, 0.1) is 34.3 Å². The van der Waals surface area contributed by atoms with Crippen molar-refractivity contribution in [1.82, 2.24) is 0 Å². The number of esters is 1. The van der Waals surface area contributed by atoms with Gasteiger partial charge in [0.2, 0.25) is 5.91 Å². The van der Waals surface area contributed by atoms with Gasteiger partial charge in [-0.2, -0.15) is 5.26 Å². The van der Waals surface area contributed by atoms with Crippen molar-refractivity contribution in [3.8, 4) is 6.07 Å². The molecule has 2 rings (SSSR count). The van der Waals surface area contributed by atoms with Crippen LogP contribution in [0.1, 0.15) is 12.5 Å². The van der Waals surface area contributed by atoms with Crippen molar-refractivity contribution in [3.63, 3.8) is 0 Å². The number of nitrogens with one attached hydrogen (secondary N) is 1. The van der Waals surface area contributed by atoms with Gasteiger partial charge in [-0.15, -0.1) is 10.2 Å². The minimum absolute atomic E-state index is 0.0720. The summed E-state index contributed by atoms with van der Waals surface area (Å²) >= 11 is 0. The summed E-state index contributed by atoms with van der Waals surface area (Å²) in [7, 11) is 2.86. The Morgan fingerprint density at radius 3 is 2.42 bits per heavy atom. The number of nitriles is 1. The summed E-state index contributed by atoms with van der Waals surface area (Å²) in [5.74, 6) is -0.935. The second-order valence-electron chi connectivity index (χ2n) is 6.50. The molecule has 0 aromatic heterocycles. The average Bonchev–Trinajstić information content (AvgIpc) is 2.76. The number of likely N-dealkylation sites (N-methyl/N-ethyl adjacent to an activating group) is 1. The van der Waals surface area contributed by atoms with Gasteiger partial charge in [-0.3, -0.25) is 29.8 Å². The van der Waals surface area contributed by atoms with Gasteiger partial charge in [-0.25, -0.2) is 0 Å².